The second-order valence-electron chi connectivity index (χ2n) is 4.46. The molecule has 2 aromatic carbocycles. The Morgan fingerprint density at radius 1 is 1.00 bits per heavy atom. The van der Waals surface area contributed by atoms with Crippen molar-refractivity contribution in [2.75, 3.05) is 22.9 Å². The molecule has 0 fully saturated rings. The van der Waals surface area contributed by atoms with E-state index in [1.807, 2.05) is 55.5 Å². The molecule has 3 nitrogen and oxygen atoms in total. The maximum atomic E-state index is 12.5. The number of anilines is 2. The van der Waals surface area contributed by atoms with Gasteiger partial charge in [0.1, 0.15) is 0 Å². The zero-order valence-corrected chi connectivity index (χ0v) is 13.2. The quantitative estimate of drug-likeness (QED) is 0.773. The van der Waals surface area contributed by atoms with Gasteiger partial charge in [-0.25, -0.2) is 0 Å². The molecule has 0 aliphatic heterocycles. The number of amides is 1. The van der Waals surface area contributed by atoms with Crippen LogP contribution in [0, 0.1) is 0 Å². The van der Waals surface area contributed by atoms with E-state index in [2.05, 4.69) is 17.6 Å². The van der Waals surface area contributed by atoms with Crippen molar-refractivity contribution in [3.05, 3.63) is 54.1 Å². The van der Waals surface area contributed by atoms with Gasteiger partial charge in [-0.3, -0.25) is 4.79 Å². The van der Waals surface area contributed by atoms with Gasteiger partial charge in [0.15, 0.2) is 0 Å². The first-order valence-electron chi connectivity index (χ1n) is 7.12. The Morgan fingerprint density at radius 3 is 2.38 bits per heavy atom. The van der Waals surface area contributed by atoms with Crippen LogP contribution >= 0.6 is 11.8 Å². The van der Waals surface area contributed by atoms with Crippen LogP contribution in [-0.2, 0) is 0 Å². The Kier molecular flexibility index (Phi) is 5.69. The smallest absolute Gasteiger partial charge is 0.257 e. The summed E-state index contributed by atoms with van der Waals surface area (Å²) in [4.78, 5) is 13.6. The molecule has 0 saturated carbocycles. The van der Waals surface area contributed by atoms with Crippen molar-refractivity contribution >= 4 is 29.0 Å². The van der Waals surface area contributed by atoms with E-state index in [1.165, 1.54) is 0 Å². The molecule has 0 heterocycles. The zero-order valence-electron chi connectivity index (χ0n) is 12.3. The third kappa shape index (κ3) is 4.02. The fourth-order valence-corrected chi connectivity index (χ4v) is 2.83. The van der Waals surface area contributed by atoms with Gasteiger partial charge in [-0.1, -0.05) is 31.2 Å². The van der Waals surface area contributed by atoms with Gasteiger partial charge < -0.3 is 10.6 Å². The summed E-state index contributed by atoms with van der Waals surface area (Å²) in [6, 6.07) is 15.4. The van der Waals surface area contributed by atoms with E-state index in [4.69, 9.17) is 0 Å². The van der Waals surface area contributed by atoms with Crippen molar-refractivity contribution in [3.8, 4) is 0 Å². The normalized spacial score (nSPS) is 10.2. The number of carbonyl (C=O) groups is 1. The standard InChI is InChI=1S/C17H20N2OS/c1-3-18-14-10-6-5-9-13(14)17(20)19-15-11-7-8-12-16(15)21-4-2/h5-12,18H,3-4H2,1-2H3,(H,19,20). The number of thioether (sulfide) groups is 1. The number of hydrogen-bond donors (Lipinski definition) is 2. The minimum absolute atomic E-state index is 0.0873. The van der Waals surface area contributed by atoms with Crippen LogP contribution in [0.1, 0.15) is 24.2 Å². The van der Waals surface area contributed by atoms with Gasteiger partial charge in [-0.15, -0.1) is 11.8 Å². The summed E-state index contributed by atoms with van der Waals surface area (Å²) in [5.41, 5.74) is 2.38. The van der Waals surface area contributed by atoms with Crippen LogP contribution in [0.2, 0.25) is 0 Å². The second kappa shape index (κ2) is 7.74. The molecule has 0 bridgehead atoms. The summed E-state index contributed by atoms with van der Waals surface area (Å²) in [7, 11) is 0. The molecule has 0 aromatic heterocycles. The van der Waals surface area contributed by atoms with Crippen molar-refractivity contribution in [2.24, 2.45) is 0 Å². The molecule has 0 radical (unpaired) electrons. The second-order valence-corrected chi connectivity index (χ2v) is 5.77. The molecular formula is C17H20N2OS. The average molecular weight is 300 g/mol. The number of rotatable bonds is 6. The molecule has 0 atom stereocenters. The molecule has 2 aromatic rings. The molecule has 0 spiro atoms. The lowest BCUT2D eigenvalue weighted by molar-refractivity contribution is 0.102. The third-order valence-electron chi connectivity index (χ3n) is 2.97. The van der Waals surface area contributed by atoms with Crippen LogP contribution in [0.4, 0.5) is 11.4 Å². The van der Waals surface area contributed by atoms with Crippen LogP contribution in [0.5, 0.6) is 0 Å². The Bertz CT molecular complexity index is 613. The highest BCUT2D eigenvalue weighted by Crippen LogP contribution is 2.27. The van der Waals surface area contributed by atoms with E-state index in [0.717, 1.165) is 28.6 Å². The van der Waals surface area contributed by atoms with Gasteiger partial charge in [-0.05, 0) is 36.9 Å². The van der Waals surface area contributed by atoms with Gasteiger partial charge >= 0.3 is 0 Å². The number of nitrogens with one attached hydrogen (secondary N) is 2. The molecule has 1 amide bonds. The van der Waals surface area contributed by atoms with Crippen molar-refractivity contribution in [2.45, 2.75) is 18.7 Å². The number of para-hydroxylation sites is 2. The summed E-state index contributed by atoms with van der Waals surface area (Å²) in [6.07, 6.45) is 0. The van der Waals surface area contributed by atoms with Gasteiger partial charge in [0.25, 0.3) is 5.91 Å². The summed E-state index contributed by atoms with van der Waals surface area (Å²) in [5, 5.41) is 6.23. The fourth-order valence-electron chi connectivity index (χ4n) is 2.07. The van der Waals surface area contributed by atoms with E-state index >= 15 is 0 Å². The maximum absolute atomic E-state index is 12.5. The average Bonchev–Trinajstić information content (AvgIpc) is 2.50. The Hall–Kier alpha value is -1.94. The third-order valence-corrected chi connectivity index (χ3v) is 3.93. The van der Waals surface area contributed by atoms with E-state index in [0.29, 0.717) is 5.56 Å². The molecule has 21 heavy (non-hydrogen) atoms. The largest absolute Gasteiger partial charge is 0.385 e. The van der Waals surface area contributed by atoms with Crippen LogP contribution < -0.4 is 10.6 Å². The highest BCUT2D eigenvalue weighted by atomic mass is 32.2. The van der Waals surface area contributed by atoms with Gasteiger partial charge in [-0.2, -0.15) is 0 Å². The molecule has 0 unspecified atom stereocenters. The molecular weight excluding hydrogens is 280 g/mol. The minimum Gasteiger partial charge on any atom is -0.385 e. The van der Waals surface area contributed by atoms with E-state index in [1.54, 1.807) is 11.8 Å². The van der Waals surface area contributed by atoms with Crippen LogP contribution in [0.15, 0.2) is 53.4 Å². The monoisotopic (exact) mass is 300 g/mol. The first kappa shape index (κ1) is 15.4. The molecule has 2 N–H and O–H groups in total. The first-order chi connectivity index (χ1) is 10.3. The molecule has 4 heteroatoms. The summed E-state index contributed by atoms with van der Waals surface area (Å²) in [6.45, 7) is 4.90. The molecule has 0 aliphatic rings. The predicted molar refractivity (Wildman–Crippen MR) is 91.4 cm³/mol. The van der Waals surface area contributed by atoms with E-state index in [-0.39, 0.29) is 5.91 Å². The van der Waals surface area contributed by atoms with Crippen molar-refractivity contribution in [1.29, 1.82) is 0 Å². The highest BCUT2D eigenvalue weighted by Gasteiger charge is 2.12. The molecule has 0 saturated heterocycles. The predicted octanol–water partition coefficient (Wildman–Crippen LogP) is 4.48. The zero-order chi connectivity index (χ0) is 15.1. The van der Waals surface area contributed by atoms with Crippen molar-refractivity contribution in [3.63, 3.8) is 0 Å². The summed E-state index contributed by atoms with van der Waals surface area (Å²) < 4.78 is 0. The Morgan fingerprint density at radius 2 is 1.67 bits per heavy atom. The van der Waals surface area contributed by atoms with Crippen LogP contribution in [0.3, 0.4) is 0 Å². The summed E-state index contributed by atoms with van der Waals surface area (Å²) >= 11 is 1.72. The number of hydrogen-bond acceptors (Lipinski definition) is 3. The first-order valence-corrected chi connectivity index (χ1v) is 8.10. The molecule has 2 rings (SSSR count). The maximum Gasteiger partial charge on any atom is 0.257 e. The van der Waals surface area contributed by atoms with Gasteiger partial charge in [0.05, 0.1) is 11.3 Å². The number of benzene rings is 2. The lowest BCUT2D eigenvalue weighted by Crippen LogP contribution is -2.15. The lowest BCUT2D eigenvalue weighted by atomic mass is 10.1. The van der Waals surface area contributed by atoms with E-state index in [9.17, 15) is 4.79 Å². The Balaban J connectivity index is 2.22. The lowest BCUT2D eigenvalue weighted by Gasteiger charge is -2.13. The fraction of sp³-hybridized carbons (Fsp3) is 0.235. The molecule has 110 valence electrons. The van der Waals surface area contributed by atoms with Crippen molar-refractivity contribution < 1.29 is 4.79 Å². The van der Waals surface area contributed by atoms with Gasteiger partial charge in [0.2, 0.25) is 0 Å². The Labute approximate surface area is 130 Å². The van der Waals surface area contributed by atoms with Crippen LogP contribution in [0.25, 0.3) is 0 Å². The molecule has 0 aliphatic carbocycles. The van der Waals surface area contributed by atoms with E-state index < -0.39 is 0 Å². The topological polar surface area (TPSA) is 41.1 Å². The van der Waals surface area contributed by atoms with Gasteiger partial charge in [0, 0.05) is 17.1 Å². The van der Waals surface area contributed by atoms with Crippen molar-refractivity contribution in [1.82, 2.24) is 0 Å². The summed E-state index contributed by atoms with van der Waals surface area (Å²) in [5.74, 6) is 0.886. The minimum atomic E-state index is -0.0873. The number of carbonyl (C=O) groups excluding carboxylic acids is 1. The van der Waals surface area contributed by atoms with Crippen LogP contribution in [-0.4, -0.2) is 18.2 Å². The SMILES string of the molecule is CCNc1ccccc1C(=O)Nc1ccccc1SCC. The highest BCUT2D eigenvalue weighted by molar-refractivity contribution is 7.99.